The Morgan fingerprint density at radius 1 is 1.42 bits per heavy atom. The molecule has 0 unspecified atom stereocenters. The van der Waals surface area contributed by atoms with Crippen LogP contribution in [0.1, 0.15) is 50.6 Å². The van der Waals surface area contributed by atoms with Gasteiger partial charge in [-0.05, 0) is 38.7 Å². The molecule has 1 aliphatic carbocycles. The van der Waals surface area contributed by atoms with Crippen molar-refractivity contribution in [3.63, 3.8) is 0 Å². The van der Waals surface area contributed by atoms with E-state index in [0.29, 0.717) is 32.1 Å². The highest BCUT2D eigenvalue weighted by Gasteiger charge is 2.49. The molecule has 140 valence electrons. The first-order valence-corrected chi connectivity index (χ1v) is 9.68. The fourth-order valence-corrected chi connectivity index (χ4v) is 4.13. The van der Waals surface area contributed by atoms with Crippen LogP contribution in [0.4, 0.5) is 0 Å². The average Bonchev–Trinajstić information content (AvgIpc) is 2.60. The molecule has 1 atom stereocenters. The number of carbonyl (C=O) groups is 1. The minimum Gasteiger partial charge on any atom is -0.460 e. The van der Waals surface area contributed by atoms with Crippen LogP contribution in [0.2, 0.25) is 0 Å². The van der Waals surface area contributed by atoms with Gasteiger partial charge in [-0.25, -0.2) is 9.97 Å². The minimum atomic E-state index is -0.247. The molecule has 6 nitrogen and oxygen atoms in total. The highest BCUT2D eigenvalue weighted by atomic mass is 16.5. The summed E-state index contributed by atoms with van der Waals surface area (Å²) in [5.74, 6) is 0.234. The summed E-state index contributed by atoms with van der Waals surface area (Å²) in [6.45, 7) is 3.93. The molecule has 1 amide bonds. The van der Waals surface area contributed by atoms with Crippen molar-refractivity contribution in [3.05, 3.63) is 29.6 Å². The van der Waals surface area contributed by atoms with Crippen LogP contribution >= 0.6 is 0 Å². The smallest absolute Gasteiger partial charge is 0.316 e. The number of allylic oxidation sites excluding steroid dienone is 1. The highest BCUT2D eigenvalue weighted by Crippen LogP contribution is 2.36. The normalized spacial score (nSPS) is 24.7. The van der Waals surface area contributed by atoms with Crippen LogP contribution in [0.5, 0.6) is 6.01 Å². The van der Waals surface area contributed by atoms with Gasteiger partial charge in [-0.3, -0.25) is 4.79 Å². The Kier molecular flexibility index (Phi) is 4.94. The molecule has 26 heavy (non-hydrogen) atoms. The predicted molar refractivity (Wildman–Crippen MR) is 96.9 cm³/mol. The molecule has 0 aromatic carbocycles. The number of rotatable bonds is 4. The molecule has 2 saturated heterocycles. The molecule has 0 radical (unpaired) electrons. The lowest BCUT2D eigenvalue weighted by atomic mass is 9.84. The molecule has 2 aliphatic heterocycles. The Balaban J connectivity index is 1.30. The Morgan fingerprint density at radius 2 is 2.31 bits per heavy atom. The third-order valence-corrected chi connectivity index (χ3v) is 5.57. The van der Waals surface area contributed by atoms with Crippen molar-refractivity contribution in [2.75, 3.05) is 19.7 Å². The Hall–Kier alpha value is -1.95. The van der Waals surface area contributed by atoms with E-state index in [1.54, 1.807) is 6.20 Å². The number of ether oxygens (including phenoxy) is 2. The fourth-order valence-electron chi connectivity index (χ4n) is 4.13. The molecule has 4 rings (SSSR count). The molecule has 6 heteroatoms. The summed E-state index contributed by atoms with van der Waals surface area (Å²) in [7, 11) is 0. The second kappa shape index (κ2) is 7.35. The SMILES string of the molecule is Cc1ccnc(O[C@H]2CCOC3(C2)CN(C(=O)CC2=CCCCC2)C3)n1. The van der Waals surface area contributed by atoms with E-state index >= 15 is 0 Å². The van der Waals surface area contributed by atoms with E-state index in [-0.39, 0.29) is 17.6 Å². The van der Waals surface area contributed by atoms with E-state index in [1.165, 1.54) is 18.4 Å². The van der Waals surface area contributed by atoms with Crippen LogP contribution < -0.4 is 4.74 Å². The third kappa shape index (κ3) is 3.90. The van der Waals surface area contributed by atoms with Crippen LogP contribution in [0.25, 0.3) is 0 Å². The van der Waals surface area contributed by atoms with Crippen molar-refractivity contribution in [1.29, 1.82) is 0 Å². The van der Waals surface area contributed by atoms with Crippen molar-refractivity contribution in [1.82, 2.24) is 14.9 Å². The fraction of sp³-hybridized carbons (Fsp3) is 0.650. The molecule has 3 aliphatic rings. The average molecular weight is 357 g/mol. The number of amides is 1. The molecule has 1 aromatic rings. The van der Waals surface area contributed by atoms with E-state index in [2.05, 4.69) is 16.0 Å². The van der Waals surface area contributed by atoms with Gasteiger partial charge in [0, 0.05) is 31.2 Å². The number of likely N-dealkylation sites (tertiary alicyclic amines) is 1. The zero-order valence-corrected chi connectivity index (χ0v) is 15.4. The largest absolute Gasteiger partial charge is 0.460 e. The van der Waals surface area contributed by atoms with Gasteiger partial charge in [0.25, 0.3) is 0 Å². The highest BCUT2D eigenvalue weighted by molar-refractivity contribution is 5.80. The van der Waals surface area contributed by atoms with Crippen LogP contribution in [-0.2, 0) is 9.53 Å². The summed E-state index contributed by atoms with van der Waals surface area (Å²) in [4.78, 5) is 23.0. The van der Waals surface area contributed by atoms with Gasteiger partial charge in [0.1, 0.15) is 11.7 Å². The quantitative estimate of drug-likeness (QED) is 0.776. The maximum absolute atomic E-state index is 12.5. The van der Waals surface area contributed by atoms with E-state index in [4.69, 9.17) is 9.47 Å². The zero-order chi connectivity index (χ0) is 18.0. The molecule has 0 N–H and O–H groups in total. The van der Waals surface area contributed by atoms with Crippen LogP contribution in [-0.4, -0.2) is 52.2 Å². The van der Waals surface area contributed by atoms with Crippen molar-refractivity contribution >= 4 is 5.91 Å². The number of aromatic nitrogens is 2. The standard InChI is InChI=1S/C20H27N3O3/c1-15-7-9-21-19(22-15)26-17-8-10-25-20(12-17)13-23(14-20)18(24)11-16-5-3-2-4-6-16/h5,7,9,17H,2-4,6,8,10-14H2,1H3/t17-/m0/s1. The molecular formula is C20H27N3O3. The van der Waals surface area contributed by atoms with Gasteiger partial charge < -0.3 is 14.4 Å². The van der Waals surface area contributed by atoms with Crippen molar-refractivity contribution in [2.24, 2.45) is 0 Å². The number of hydrogen-bond acceptors (Lipinski definition) is 5. The van der Waals surface area contributed by atoms with Crippen LogP contribution in [0.15, 0.2) is 23.9 Å². The van der Waals surface area contributed by atoms with E-state index in [9.17, 15) is 4.79 Å². The number of carbonyl (C=O) groups excluding carboxylic acids is 1. The van der Waals surface area contributed by atoms with Gasteiger partial charge in [0.15, 0.2) is 0 Å². The second-order valence-corrected chi connectivity index (χ2v) is 7.78. The van der Waals surface area contributed by atoms with Crippen molar-refractivity contribution in [2.45, 2.75) is 63.6 Å². The summed E-state index contributed by atoms with van der Waals surface area (Å²) in [6.07, 6.45) is 10.9. The predicted octanol–water partition coefficient (Wildman–Crippen LogP) is 2.81. The summed E-state index contributed by atoms with van der Waals surface area (Å²) >= 11 is 0. The van der Waals surface area contributed by atoms with Gasteiger partial charge in [0.2, 0.25) is 5.91 Å². The van der Waals surface area contributed by atoms with Gasteiger partial charge in [-0.2, -0.15) is 0 Å². The van der Waals surface area contributed by atoms with Gasteiger partial charge in [-0.1, -0.05) is 11.6 Å². The number of nitrogens with zero attached hydrogens (tertiary/aromatic N) is 3. The van der Waals surface area contributed by atoms with Gasteiger partial charge >= 0.3 is 6.01 Å². The first-order chi connectivity index (χ1) is 12.6. The maximum atomic E-state index is 12.5. The molecular weight excluding hydrogens is 330 g/mol. The lowest BCUT2D eigenvalue weighted by Gasteiger charge is -2.52. The van der Waals surface area contributed by atoms with Gasteiger partial charge in [-0.15, -0.1) is 0 Å². The summed E-state index contributed by atoms with van der Waals surface area (Å²) in [6, 6.07) is 2.29. The molecule has 1 spiro atoms. The Labute approximate surface area is 154 Å². The third-order valence-electron chi connectivity index (χ3n) is 5.57. The molecule has 0 bridgehead atoms. The first-order valence-electron chi connectivity index (χ1n) is 9.68. The minimum absolute atomic E-state index is 0.0452. The molecule has 1 aromatic heterocycles. The van der Waals surface area contributed by atoms with Crippen molar-refractivity contribution < 1.29 is 14.3 Å². The van der Waals surface area contributed by atoms with Gasteiger partial charge in [0.05, 0.1) is 19.7 Å². The summed E-state index contributed by atoms with van der Waals surface area (Å²) < 4.78 is 12.0. The molecule has 0 saturated carbocycles. The van der Waals surface area contributed by atoms with E-state index < -0.39 is 0 Å². The van der Waals surface area contributed by atoms with Crippen LogP contribution in [0.3, 0.4) is 0 Å². The lowest BCUT2D eigenvalue weighted by molar-refractivity contribution is -0.193. The molecule has 2 fully saturated rings. The first kappa shape index (κ1) is 17.5. The maximum Gasteiger partial charge on any atom is 0.316 e. The molecule has 3 heterocycles. The van der Waals surface area contributed by atoms with E-state index in [0.717, 1.165) is 31.4 Å². The summed E-state index contributed by atoms with van der Waals surface area (Å²) in [5, 5.41) is 0. The van der Waals surface area contributed by atoms with Crippen molar-refractivity contribution in [3.8, 4) is 6.01 Å². The Morgan fingerprint density at radius 3 is 3.08 bits per heavy atom. The lowest BCUT2D eigenvalue weighted by Crippen LogP contribution is -2.67. The topological polar surface area (TPSA) is 64.6 Å². The zero-order valence-electron chi connectivity index (χ0n) is 15.4. The number of hydrogen-bond donors (Lipinski definition) is 0. The summed E-state index contributed by atoms with van der Waals surface area (Å²) in [5.41, 5.74) is 1.96. The van der Waals surface area contributed by atoms with Crippen LogP contribution in [0, 0.1) is 6.92 Å². The monoisotopic (exact) mass is 357 g/mol. The number of aryl methyl sites for hydroxylation is 1. The van der Waals surface area contributed by atoms with E-state index in [1.807, 2.05) is 17.9 Å². The Bertz CT molecular complexity index is 697. The second-order valence-electron chi connectivity index (χ2n) is 7.78.